The van der Waals surface area contributed by atoms with Crippen molar-refractivity contribution in [1.29, 1.82) is 0 Å². The summed E-state index contributed by atoms with van der Waals surface area (Å²) >= 11 is 0. The number of anilines is 1. The van der Waals surface area contributed by atoms with Crippen LogP contribution in [0.2, 0.25) is 0 Å². The molecule has 1 aromatic rings. The largest absolute Gasteiger partial charge is 0.460 e. The summed E-state index contributed by atoms with van der Waals surface area (Å²) in [6.07, 6.45) is 1.81. The Labute approximate surface area is 243 Å². The molecule has 1 rings (SSSR count). The molecular weight excluding hydrogens is 540 g/mol. The fourth-order valence-corrected chi connectivity index (χ4v) is 3.13. The number of hydrogen-bond acceptors (Lipinski definition) is 12. The Morgan fingerprint density at radius 1 is 0.634 bits per heavy atom. The van der Waals surface area contributed by atoms with Gasteiger partial charge >= 0.3 is 5.97 Å². The molecule has 236 valence electrons. The van der Waals surface area contributed by atoms with Crippen molar-refractivity contribution in [2.75, 3.05) is 124 Å². The highest BCUT2D eigenvalue weighted by Gasteiger charge is 2.10. The first-order valence-electron chi connectivity index (χ1n) is 14.1. The second-order valence-electron chi connectivity index (χ2n) is 8.52. The highest BCUT2D eigenvalue weighted by Crippen LogP contribution is 2.17. The number of hydrogen-bond donors (Lipinski definition) is 0. The van der Waals surface area contributed by atoms with Crippen molar-refractivity contribution in [3.05, 3.63) is 34.7 Å². The van der Waals surface area contributed by atoms with Gasteiger partial charge in [0.05, 0.1) is 116 Å². The van der Waals surface area contributed by atoms with E-state index in [1.54, 1.807) is 31.4 Å². The first-order chi connectivity index (χ1) is 20.2. The maximum absolute atomic E-state index is 12.2. The topological polar surface area (TPSA) is 133 Å². The first kappa shape index (κ1) is 36.8. The van der Waals surface area contributed by atoms with Gasteiger partial charge in [0.2, 0.25) is 0 Å². The Balaban J connectivity index is 1.83. The standard InChI is InChI=1S/C28H48N2O11/c1-3-4-9-30(29-32)27-7-5-26(6-8-27)28(31)41-25-24-40-23-22-39-21-20-38-19-18-37-17-16-36-15-14-35-13-12-34-11-10-33-2/h5-8H,3-4,9-25H2,1-2H3. The van der Waals surface area contributed by atoms with E-state index < -0.39 is 5.97 Å². The van der Waals surface area contributed by atoms with Gasteiger partial charge < -0.3 is 42.6 Å². The highest BCUT2D eigenvalue weighted by atomic mass is 16.6. The Kier molecular flexibility index (Phi) is 25.1. The van der Waals surface area contributed by atoms with Crippen LogP contribution in [0.15, 0.2) is 29.6 Å². The van der Waals surface area contributed by atoms with Crippen molar-refractivity contribution in [2.24, 2.45) is 5.29 Å². The summed E-state index contributed by atoms with van der Waals surface area (Å²) in [5, 5.41) is 4.40. The van der Waals surface area contributed by atoms with E-state index in [2.05, 4.69) is 5.29 Å². The van der Waals surface area contributed by atoms with E-state index >= 15 is 0 Å². The van der Waals surface area contributed by atoms with Crippen LogP contribution in [0, 0.1) is 4.91 Å². The van der Waals surface area contributed by atoms with Crippen LogP contribution in [0.3, 0.4) is 0 Å². The summed E-state index contributed by atoms with van der Waals surface area (Å²) in [5.74, 6) is -0.453. The van der Waals surface area contributed by atoms with Gasteiger partial charge in [-0.05, 0) is 30.7 Å². The predicted molar refractivity (Wildman–Crippen MR) is 152 cm³/mol. The number of benzene rings is 1. The number of unbranched alkanes of at least 4 members (excludes halogenated alkanes) is 1. The smallest absolute Gasteiger partial charge is 0.338 e. The van der Waals surface area contributed by atoms with Crippen LogP contribution in [-0.4, -0.2) is 125 Å². The summed E-state index contributed by atoms with van der Waals surface area (Å²) in [6.45, 7) is 9.91. The van der Waals surface area contributed by atoms with Gasteiger partial charge in [0, 0.05) is 13.7 Å². The lowest BCUT2D eigenvalue weighted by molar-refractivity contribution is -0.0235. The number of nitroso groups, excluding NO2 is 1. The molecule has 0 amide bonds. The van der Waals surface area contributed by atoms with E-state index in [4.69, 9.17) is 42.6 Å². The van der Waals surface area contributed by atoms with E-state index in [0.717, 1.165) is 12.8 Å². The molecule has 0 fully saturated rings. The number of methoxy groups -OCH3 is 1. The summed E-state index contributed by atoms with van der Waals surface area (Å²) in [5.41, 5.74) is 1.04. The summed E-state index contributed by atoms with van der Waals surface area (Å²) in [7, 11) is 1.64. The van der Waals surface area contributed by atoms with Crippen LogP contribution < -0.4 is 5.01 Å². The first-order valence-corrected chi connectivity index (χ1v) is 14.1. The Hall–Kier alpha value is -2.23. The molecule has 0 N–H and O–H groups in total. The van der Waals surface area contributed by atoms with Crippen molar-refractivity contribution in [3.8, 4) is 0 Å². The Morgan fingerprint density at radius 3 is 1.39 bits per heavy atom. The Morgan fingerprint density at radius 2 is 1.02 bits per heavy atom. The predicted octanol–water partition coefficient (Wildman–Crippen LogP) is 2.89. The van der Waals surface area contributed by atoms with Gasteiger partial charge in [-0.2, -0.15) is 0 Å². The zero-order valence-corrected chi connectivity index (χ0v) is 24.6. The maximum atomic E-state index is 12.2. The molecule has 0 aromatic heterocycles. The lowest BCUT2D eigenvalue weighted by Gasteiger charge is -2.14. The molecule has 1 aromatic carbocycles. The van der Waals surface area contributed by atoms with Crippen molar-refractivity contribution in [2.45, 2.75) is 19.8 Å². The molecule has 0 unspecified atom stereocenters. The van der Waals surface area contributed by atoms with E-state index in [-0.39, 0.29) is 13.2 Å². The average Bonchev–Trinajstić information content (AvgIpc) is 3.00. The van der Waals surface area contributed by atoms with Gasteiger partial charge in [0.1, 0.15) is 6.61 Å². The molecule has 0 aliphatic heterocycles. The quantitative estimate of drug-likeness (QED) is 0.0566. The lowest BCUT2D eigenvalue weighted by atomic mass is 10.2. The van der Waals surface area contributed by atoms with E-state index in [9.17, 15) is 9.70 Å². The summed E-state index contributed by atoms with van der Waals surface area (Å²) in [4.78, 5) is 23.1. The molecule has 0 saturated carbocycles. The van der Waals surface area contributed by atoms with Gasteiger partial charge in [0.25, 0.3) is 0 Å². The number of esters is 1. The number of carbonyl (C=O) groups is 1. The van der Waals surface area contributed by atoms with Crippen molar-refractivity contribution < 1.29 is 47.4 Å². The van der Waals surface area contributed by atoms with Crippen LogP contribution >= 0.6 is 0 Å². The number of rotatable bonds is 30. The van der Waals surface area contributed by atoms with Crippen molar-refractivity contribution in [1.82, 2.24) is 0 Å². The molecular formula is C28H48N2O11. The summed E-state index contributed by atoms with van der Waals surface area (Å²) < 4.78 is 47.9. The second kappa shape index (κ2) is 27.9. The van der Waals surface area contributed by atoms with Crippen molar-refractivity contribution in [3.63, 3.8) is 0 Å². The molecule has 0 spiro atoms. The maximum Gasteiger partial charge on any atom is 0.338 e. The molecule has 0 radical (unpaired) electrons. The fourth-order valence-electron chi connectivity index (χ4n) is 3.13. The normalized spacial score (nSPS) is 11.1. The third kappa shape index (κ3) is 21.2. The fraction of sp³-hybridized carbons (Fsp3) is 0.750. The molecule has 0 saturated heterocycles. The van der Waals surface area contributed by atoms with Crippen LogP contribution in [0.1, 0.15) is 30.1 Å². The second-order valence-corrected chi connectivity index (χ2v) is 8.52. The monoisotopic (exact) mass is 588 g/mol. The molecule has 0 aliphatic rings. The minimum Gasteiger partial charge on any atom is -0.460 e. The third-order valence-electron chi connectivity index (χ3n) is 5.35. The van der Waals surface area contributed by atoms with Crippen LogP contribution in [0.5, 0.6) is 0 Å². The molecule has 13 heteroatoms. The molecule has 0 bridgehead atoms. The molecule has 0 heterocycles. The van der Waals surface area contributed by atoms with Gasteiger partial charge in [0.15, 0.2) is 0 Å². The van der Waals surface area contributed by atoms with Gasteiger partial charge in [-0.3, -0.25) is 0 Å². The minimum absolute atomic E-state index is 0.131. The van der Waals surface area contributed by atoms with E-state index in [1.165, 1.54) is 5.01 Å². The van der Waals surface area contributed by atoms with Gasteiger partial charge in [-0.15, -0.1) is 4.91 Å². The zero-order chi connectivity index (χ0) is 29.6. The molecule has 0 aliphatic carbocycles. The third-order valence-corrected chi connectivity index (χ3v) is 5.35. The van der Waals surface area contributed by atoms with Crippen molar-refractivity contribution >= 4 is 11.7 Å². The molecule has 0 atom stereocenters. The van der Waals surface area contributed by atoms with Gasteiger partial charge in [-0.25, -0.2) is 9.80 Å². The SMILES string of the molecule is CCCCN(N=O)c1ccc(C(=O)OCCOCCOCCOCCOCCOCCOCCOCCOC)cc1. The van der Waals surface area contributed by atoms with E-state index in [1.807, 2.05) is 6.92 Å². The number of carbonyl (C=O) groups excluding carboxylic acids is 1. The lowest BCUT2D eigenvalue weighted by Crippen LogP contribution is -2.17. The van der Waals surface area contributed by atoms with Gasteiger partial charge in [-0.1, -0.05) is 13.3 Å². The van der Waals surface area contributed by atoms with Crippen LogP contribution in [0.4, 0.5) is 5.69 Å². The minimum atomic E-state index is -0.453. The van der Waals surface area contributed by atoms with Crippen LogP contribution in [0.25, 0.3) is 0 Å². The number of ether oxygens (including phenoxy) is 9. The summed E-state index contributed by atoms with van der Waals surface area (Å²) in [6, 6.07) is 6.58. The van der Waals surface area contributed by atoms with E-state index in [0.29, 0.717) is 110 Å². The number of nitrogens with zero attached hydrogens (tertiary/aromatic N) is 2. The highest BCUT2D eigenvalue weighted by molar-refractivity contribution is 5.89. The van der Waals surface area contributed by atoms with Crippen LogP contribution in [-0.2, 0) is 42.6 Å². The molecule has 13 nitrogen and oxygen atoms in total. The molecule has 41 heavy (non-hydrogen) atoms. The average molecular weight is 589 g/mol. The zero-order valence-electron chi connectivity index (χ0n) is 24.6. The Bertz CT molecular complexity index is 740.